The lowest BCUT2D eigenvalue weighted by molar-refractivity contribution is -0.146. The lowest BCUT2D eigenvalue weighted by Crippen LogP contribution is -2.22. The van der Waals surface area contributed by atoms with Crippen LogP contribution in [0.2, 0.25) is 0 Å². The molecule has 0 unspecified atom stereocenters. The van der Waals surface area contributed by atoms with Gasteiger partial charge in [-0.3, -0.25) is 9.59 Å². The van der Waals surface area contributed by atoms with E-state index in [-0.39, 0.29) is 11.3 Å². The van der Waals surface area contributed by atoms with Gasteiger partial charge in [-0.05, 0) is 43.1 Å². The monoisotopic (exact) mass is 382 g/mol. The van der Waals surface area contributed by atoms with E-state index in [9.17, 15) is 18.0 Å². The number of hydrogen-bond donors (Lipinski definition) is 2. The third-order valence-corrected chi connectivity index (χ3v) is 5.73. The van der Waals surface area contributed by atoms with Crippen molar-refractivity contribution in [2.45, 2.75) is 18.2 Å². The quantitative estimate of drug-likeness (QED) is 0.710. The van der Waals surface area contributed by atoms with Gasteiger partial charge in [-0.2, -0.15) is 0 Å². The molecular weight excluding hydrogens is 364 g/mol. The molecule has 0 radical (unpaired) electrons. The molecule has 25 heavy (non-hydrogen) atoms. The summed E-state index contributed by atoms with van der Waals surface area (Å²) in [4.78, 5) is 24.5. The predicted octanol–water partition coefficient (Wildman–Crippen LogP) is 1.69. The van der Waals surface area contributed by atoms with Gasteiger partial charge >= 0.3 is 5.97 Å². The minimum absolute atomic E-state index is 0.0718. The third-order valence-electron chi connectivity index (χ3n) is 3.29. The Morgan fingerprint density at radius 1 is 1.24 bits per heavy atom. The van der Waals surface area contributed by atoms with E-state index >= 15 is 0 Å². The van der Waals surface area contributed by atoms with Crippen LogP contribution in [0, 0.1) is 6.92 Å². The van der Waals surface area contributed by atoms with E-state index in [1.165, 1.54) is 24.5 Å². The highest BCUT2D eigenvalue weighted by Gasteiger charge is 2.16. The molecule has 0 aliphatic rings. The van der Waals surface area contributed by atoms with Crippen molar-refractivity contribution in [1.82, 2.24) is 4.72 Å². The number of ether oxygens (including phenoxy) is 1. The zero-order valence-electron chi connectivity index (χ0n) is 13.7. The molecule has 1 amide bonds. The van der Waals surface area contributed by atoms with E-state index in [1.54, 1.807) is 19.1 Å². The van der Waals surface area contributed by atoms with Crippen LogP contribution in [-0.2, 0) is 30.8 Å². The molecule has 0 fully saturated rings. The van der Waals surface area contributed by atoms with Crippen molar-refractivity contribution in [3.05, 3.63) is 46.2 Å². The topological polar surface area (TPSA) is 102 Å². The summed E-state index contributed by atoms with van der Waals surface area (Å²) in [5, 5.41) is 4.36. The number of carbonyl (C=O) groups is 2. The van der Waals surface area contributed by atoms with E-state index in [2.05, 4.69) is 10.0 Å². The molecule has 1 heterocycles. The number of rotatable bonds is 7. The molecule has 0 saturated heterocycles. The predicted molar refractivity (Wildman–Crippen MR) is 95.0 cm³/mol. The van der Waals surface area contributed by atoms with E-state index < -0.39 is 28.5 Å². The average Bonchev–Trinajstić information content (AvgIpc) is 3.07. The number of esters is 1. The summed E-state index contributed by atoms with van der Waals surface area (Å²) in [6, 6.07) is 8.15. The molecule has 0 bridgehead atoms. The van der Waals surface area contributed by atoms with Gasteiger partial charge in [-0.15, -0.1) is 11.3 Å². The van der Waals surface area contributed by atoms with Gasteiger partial charge in [0.25, 0.3) is 5.91 Å². The Kier molecular flexibility index (Phi) is 6.29. The Hall–Kier alpha value is -2.23. The number of aryl methyl sites for hydroxylation is 1. The maximum atomic E-state index is 11.9. The van der Waals surface area contributed by atoms with Crippen molar-refractivity contribution in [1.29, 1.82) is 0 Å². The van der Waals surface area contributed by atoms with Gasteiger partial charge in [0.05, 0.1) is 11.3 Å². The Bertz CT molecular complexity index is 861. The summed E-state index contributed by atoms with van der Waals surface area (Å²) in [5.74, 6) is -1.05. The normalized spacial score (nSPS) is 11.1. The second kappa shape index (κ2) is 8.24. The second-order valence-corrected chi connectivity index (χ2v) is 8.04. The van der Waals surface area contributed by atoms with Gasteiger partial charge in [-0.1, -0.05) is 12.1 Å². The number of hydrogen-bond acceptors (Lipinski definition) is 6. The highest BCUT2D eigenvalue weighted by atomic mass is 32.2. The third kappa shape index (κ3) is 5.38. The molecule has 0 saturated carbocycles. The molecule has 0 atom stereocenters. The number of sulfonamides is 1. The van der Waals surface area contributed by atoms with Crippen molar-refractivity contribution in [3.63, 3.8) is 0 Å². The summed E-state index contributed by atoms with van der Waals surface area (Å²) >= 11 is 1.43. The van der Waals surface area contributed by atoms with Crippen molar-refractivity contribution < 1.29 is 22.7 Å². The van der Waals surface area contributed by atoms with Crippen molar-refractivity contribution >= 4 is 38.9 Å². The van der Waals surface area contributed by atoms with Crippen LogP contribution in [-0.4, -0.2) is 33.9 Å². The van der Waals surface area contributed by atoms with Gasteiger partial charge < -0.3 is 10.1 Å². The van der Waals surface area contributed by atoms with E-state index in [0.717, 1.165) is 4.88 Å². The van der Waals surface area contributed by atoms with Crippen LogP contribution in [0.5, 0.6) is 0 Å². The van der Waals surface area contributed by atoms with Crippen LogP contribution in [0.15, 0.2) is 40.6 Å². The highest BCUT2D eigenvalue weighted by molar-refractivity contribution is 7.89. The summed E-state index contributed by atoms with van der Waals surface area (Å²) in [7, 11) is -2.31. The first kappa shape index (κ1) is 19.1. The lowest BCUT2D eigenvalue weighted by atomic mass is 10.2. The van der Waals surface area contributed by atoms with E-state index in [1.807, 2.05) is 17.5 Å². The molecule has 0 spiro atoms. The van der Waals surface area contributed by atoms with Gasteiger partial charge in [-0.25, -0.2) is 13.1 Å². The lowest BCUT2D eigenvalue weighted by Gasteiger charge is -2.10. The van der Waals surface area contributed by atoms with Crippen molar-refractivity contribution in [2.75, 3.05) is 19.0 Å². The van der Waals surface area contributed by atoms with E-state index in [0.29, 0.717) is 11.3 Å². The molecule has 9 heteroatoms. The number of nitrogens with one attached hydrogen (secondary N) is 2. The molecule has 0 aliphatic carbocycles. The zero-order chi connectivity index (χ0) is 18.4. The summed E-state index contributed by atoms with van der Waals surface area (Å²) in [6.07, 6.45) is 0.111. The van der Waals surface area contributed by atoms with Crippen molar-refractivity contribution in [3.8, 4) is 0 Å². The zero-order valence-corrected chi connectivity index (χ0v) is 15.4. The van der Waals surface area contributed by atoms with Crippen LogP contribution in [0.1, 0.15) is 10.4 Å². The van der Waals surface area contributed by atoms with E-state index in [4.69, 9.17) is 4.74 Å². The first-order chi connectivity index (χ1) is 11.8. The Morgan fingerprint density at radius 2 is 2.00 bits per heavy atom. The summed E-state index contributed by atoms with van der Waals surface area (Å²) < 4.78 is 31.0. The molecule has 1 aromatic heterocycles. The number of amides is 1. The van der Waals surface area contributed by atoms with Gasteiger partial charge in [0.15, 0.2) is 6.61 Å². The minimum Gasteiger partial charge on any atom is -0.455 e. The number of thiophene rings is 1. The minimum atomic E-state index is -3.63. The standard InChI is InChI=1S/C16H18N2O5S2/c1-11-5-6-12(8-14(11)25(21,22)17-2)18-15(19)10-23-16(20)9-13-4-3-7-24-13/h3-8,17H,9-10H2,1-2H3,(H,18,19). The maximum absolute atomic E-state index is 11.9. The maximum Gasteiger partial charge on any atom is 0.311 e. The number of carbonyl (C=O) groups excluding carboxylic acids is 2. The fraction of sp³-hybridized carbons (Fsp3) is 0.250. The average molecular weight is 382 g/mol. The molecule has 134 valence electrons. The van der Waals surface area contributed by atoms with Crippen LogP contribution in [0.4, 0.5) is 5.69 Å². The Morgan fingerprint density at radius 3 is 2.64 bits per heavy atom. The van der Waals surface area contributed by atoms with Crippen molar-refractivity contribution in [2.24, 2.45) is 0 Å². The summed E-state index contributed by atoms with van der Waals surface area (Å²) in [6.45, 7) is 1.22. The molecular formula is C16H18N2O5S2. The smallest absolute Gasteiger partial charge is 0.311 e. The largest absolute Gasteiger partial charge is 0.455 e. The van der Waals surface area contributed by atoms with Crippen LogP contribution >= 0.6 is 11.3 Å². The van der Waals surface area contributed by atoms with Gasteiger partial charge in [0.2, 0.25) is 10.0 Å². The molecule has 2 rings (SSSR count). The first-order valence-corrected chi connectivity index (χ1v) is 9.70. The molecule has 7 nitrogen and oxygen atoms in total. The van der Waals surface area contributed by atoms with Gasteiger partial charge in [0, 0.05) is 10.6 Å². The Balaban J connectivity index is 1.94. The van der Waals surface area contributed by atoms with Crippen LogP contribution < -0.4 is 10.0 Å². The van der Waals surface area contributed by atoms with Gasteiger partial charge in [0.1, 0.15) is 0 Å². The Labute approximate surface area is 150 Å². The summed E-state index contributed by atoms with van der Waals surface area (Å²) in [5.41, 5.74) is 0.855. The number of anilines is 1. The molecule has 2 N–H and O–H groups in total. The van der Waals surface area contributed by atoms with Crippen LogP contribution in [0.3, 0.4) is 0 Å². The second-order valence-electron chi connectivity index (χ2n) is 5.15. The highest BCUT2D eigenvalue weighted by Crippen LogP contribution is 2.20. The molecule has 1 aromatic carbocycles. The molecule has 2 aromatic rings. The fourth-order valence-corrected chi connectivity index (χ4v) is 3.71. The number of benzene rings is 1. The first-order valence-electron chi connectivity index (χ1n) is 7.34. The van der Waals surface area contributed by atoms with Crippen LogP contribution in [0.25, 0.3) is 0 Å². The SMILES string of the molecule is CNS(=O)(=O)c1cc(NC(=O)COC(=O)Cc2cccs2)ccc1C. The fourth-order valence-electron chi connectivity index (χ4n) is 2.03. The molecule has 0 aliphatic heterocycles.